The van der Waals surface area contributed by atoms with Crippen LogP contribution in [0.15, 0.2) is 63.6 Å². The molecule has 5 aliphatic rings. The molecule has 0 saturated heterocycles. The van der Waals surface area contributed by atoms with Gasteiger partial charge in [-0.1, -0.05) is 39.0 Å². The number of phenols is 1. The lowest BCUT2D eigenvalue weighted by atomic mass is 9.83. The summed E-state index contributed by atoms with van der Waals surface area (Å²) in [7, 11) is 3.23. The Balaban J connectivity index is 1.57. The molecule has 2 aromatic rings. The van der Waals surface area contributed by atoms with Gasteiger partial charge in [0, 0.05) is 74.3 Å². The predicted octanol–water partition coefficient (Wildman–Crippen LogP) is 5.30. The summed E-state index contributed by atoms with van der Waals surface area (Å²) in [4.78, 5) is 60.2. The molecule has 61 heavy (non-hydrogen) atoms. The highest BCUT2D eigenvalue weighted by Crippen LogP contribution is 2.50. The van der Waals surface area contributed by atoms with Gasteiger partial charge in [0.1, 0.15) is 46.9 Å². The second-order valence-electron chi connectivity index (χ2n) is 15.8. The van der Waals surface area contributed by atoms with Crippen LogP contribution in [0.1, 0.15) is 63.9 Å². The minimum Gasteiger partial charge on any atom is -0.507 e. The molecule has 0 radical (unpaired) electrons. The molecule has 7 rings (SSSR count). The molecule has 0 unspecified atom stereocenters. The molecule has 1 amide bonds. The summed E-state index contributed by atoms with van der Waals surface area (Å²) >= 11 is 0. The van der Waals surface area contributed by atoms with Crippen molar-refractivity contribution in [1.29, 1.82) is 0 Å². The van der Waals surface area contributed by atoms with Gasteiger partial charge in [0.05, 0.1) is 35.5 Å². The fraction of sp³-hybridized carbons (Fsp3) is 0.444. The zero-order valence-corrected chi connectivity index (χ0v) is 35.7. The number of nitrogens with zero attached hydrogens (tertiary/aromatic N) is 1. The highest BCUT2D eigenvalue weighted by Gasteiger charge is 2.50. The number of hydrogen-bond acceptors (Lipinski definition) is 15. The summed E-state index contributed by atoms with van der Waals surface area (Å²) < 4.78 is 35.9. The van der Waals surface area contributed by atoms with Gasteiger partial charge in [0.15, 0.2) is 11.3 Å². The number of aliphatic hydroxyl groups excluding tert-OH is 2. The molecule has 4 aliphatic heterocycles. The Morgan fingerprint density at radius 1 is 1.07 bits per heavy atom. The first-order valence-electron chi connectivity index (χ1n) is 20.1. The van der Waals surface area contributed by atoms with Crippen molar-refractivity contribution >= 4 is 45.2 Å². The van der Waals surface area contributed by atoms with Crippen LogP contribution in [0.2, 0.25) is 0 Å². The number of phenolic OH excluding ortho intramolecular Hbond substituents is 1. The number of hydrogen-bond donors (Lipinski definition) is 5. The number of carbonyl (C=O) groups excluding carboxylic acids is 3. The molecule has 16 heteroatoms. The van der Waals surface area contributed by atoms with E-state index in [0.29, 0.717) is 24.4 Å². The number of anilines is 1. The summed E-state index contributed by atoms with van der Waals surface area (Å²) in [6, 6.07) is 4.92. The SMILES string of the molecule is CNCCOc1ccc2nc3c4c5c6c(C)c(O)c4c(=O)c(c-3oc2c1)NC(=O)/C(C)=C\C=C\[C@H](C)[C@H](O)C[C@@H](O)[C@@H](C)[C@H](OC(C)=O)[C@H](C)[C@@H](OC)/C=C/O[C@@](C)(O6)C5=O. The quantitative estimate of drug-likeness (QED) is 0.0719. The van der Waals surface area contributed by atoms with Crippen LogP contribution in [0, 0.1) is 24.7 Å². The number of likely N-dealkylation sites (N-methyl/N-ethyl adjacent to an activating group) is 1. The van der Waals surface area contributed by atoms with Crippen molar-refractivity contribution in [3.8, 4) is 28.7 Å². The number of methoxy groups -OCH3 is 1. The molecule has 5 bridgehead atoms. The maximum Gasteiger partial charge on any atom is 0.312 e. The van der Waals surface area contributed by atoms with E-state index < -0.39 is 76.8 Å². The Bertz CT molecular complexity index is 2470. The van der Waals surface area contributed by atoms with Gasteiger partial charge >= 0.3 is 11.8 Å². The summed E-state index contributed by atoms with van der Waals surface area (Å²) in [5.41, 5.74) is -0.581. The van der Waals surface area contributed by atoms with Gasteiger partial charge in [0.25, 0.3) is 11.7 Å². The Morgan fingerprint density at radius 2 is 1.80 bits per heavy atom. The molecule has 326 valence electrons. The van der Waals surface area contributed by atoms with Gasteiger partial charge in [-0.2, -0.15) is 0 Å². The number of Topliss-reactive ketones (excluding diaryl/α,β-unsaturated/α-hetero) is 1. The lowest BCUT2D eigenvalue weighted by Gasteiger charge is -2.35. The lowest BCUT2D eigenvalue weighted by molar-refractivity contribution is -0.158. The number of benzene rings is 3. The number of amides is 1. The number of allylic oxidation sites excluding steroid dienone is 2. The molecule has 0 fully saturated rings. The van der Waals surface area contributed by atoms with Crippen LogP contribution in [0.25, 0.3) is 33.3 Å². The number of nitrogens with one attached hydrogen (secondary N) is 2. The minimum atomic E-state index is -2.03. The van der Waals surface area contributed by atoms with E-state index in [1.54, 1.807) is 58.2 Å². The number of rotatable bonds is 6. The van der Waals surface area contributed by atoms with Gasteiger partial charge in [-0.3, -0.25) is 19.2 Å². The number of fused-ring (bicyclic) bond motifs is 14. The van der Waals surface area contributed by atoms with Crippen LogP contribution in [0.5, 0.6) is 17.2 Å². The first-order chi connectivity index (χ1) is 28.9. The highest BCUT2D eigenvalue weighted by molar-refractivity contribution is 6.22. The van der Waals surface area contributed by atoms with Gasteiger partial charge in [-0.15, -0.1) is 0 Å². The predicted molar refractivity (Wildman–Crippen MR) is 226 cm³/mol. The summed E-state index contributed by atoms with van der Waals surface area (Å²) in [6.45, 7) is 11.8. The van der Waals surface area contributed by atoms with Gasteiger partial charge in [0.2, 0.25) is 5.43 Å². The zero-order chi connectivity index (χ0) is 44.5. The molecule has 0 spiro atoms. The topological polar surface area (TPSA) is 225 Å². The fourth-order valence-electron chi connectivity index (χ4n) is 7.70. The number of carbonyl (C=O) groups is 3. The van der Waals surface area contributed by atoms with Crippen molar-refractivity contribution in [2.45, 2.75) is 85.1 Å². The molecular weight excluding hydrogens is 791 g/mol. The van der Waals surface area contributed by atoms with E-state index in [9.17, 15) is 34.5 Å². The van der Waals surface area contributed by atoms with E-state index in [0.717, 1.165) is 0 Å². The molecule has 0 aromatic heterocycles. The molecule has 8 atom stereocenters. The molecule has 16 nitrogen and oxygen atoms in total. The lowest BCUT2D eigenvalue weighted by Crippen LogP contribution is -2.43. The van der Waals surface area contributed by atoms with E-state index in [4.69, 9.17) is 33.1 Å². The van der Waals surface area contributed by atoms with E-state index in [1.165, 1.54) is 53.2 Å². The Labute approximate surface area is 352 Å². The highest BCUT2D eigenvalue weighted by atomic mass is 16.7. The number of aromatic nitrogens is 1. The van der Waals surface area contributed by atoms with Crippen molar-refractivity contribution in [3.05, 3.63) is 75.7 Å². The largest absolute Gasteiger partial charge is 0.507 e. The Hall–Kier alpha value is -5.81. The zero-order valence-electron chi connectivity index (χ0n) is 35.7. The maximum absolute atomic E-state index is 14.6. The summed E-state index contributed by atoms with van der Waals surface area (Å²) in [6.07, 6.45) is 3.57. The normalized spacial score (nSPS) is 28.2. The fourth-order valence-corrected chi connectivity index (χ4v) is 7.70. The molecule has 2 aromatic carbocycles. The Morgan fingerprint density at radius 3 is 2.49 bits per heavy atom. The van der Waals surface area contributed by atoms with Crippen LogP contribution >= 0.6 is 0 Å². The van der Waals surface area contributed by atoms with E-state index >= 15 is 0 Å². The van der Waals surface area contributed by atoms with Gasteiger partial charge < -0.3 is 54.1 Å². The summed E-state index contributed by atoms with van der Waals surface area (Å²) in [5.74, 6) is -6.05. The number of esters is 1. The van der Waals surface area contributed by atoms with Crippen LogP contribution in [0.3, 0.4) is 0 Å². The van der Waals surface area contributed by atoms with Crippen LogP contribution in [-0.2, 0) is 23.8 Å². The number of ketones is 1. The van der Waals surface area contributed by atoms with E-state index in [-0.39, 0.29) is 62.4 Å². The first-order valence-corrected chi connectivity index (χ1v) is 20.1. The maximum atomic E-state index is 14.6. The van der Waals surface area contributed by atoms with Crippen molar-refractivity contribution in [2.24, 2.45) is 17.8 Å². The third-order valence-corrected chi connectivity index (χ3v) is 11.5. The van der Waals surface area contributed by atoms with Crippen LogP contribution in [0.4, 0.5) is 5.69 Å². The monoisotopic (exact) mass is 843 g/mol. The van der Waals surface area contributed by atoms with Crippen molar-refractivity contribution in [1.82, 2.24) is 10.3 Å². The number of aromatic hydroxyl groups is 1. The first kappa shape index (κ1) is 44.7. The molecular formula is C45H53N3O13. The van der Waals surface area contributed by atoms with Crippen molar-refractivity contribution in [3.63, 3.8) is 0 Å². The van der Waals surface area contributed by atoms with Crippen molar-refractivity contribution in [2.75, 3.05) is 32.6 Å². The number of aliphatic hydroxyl groups is 2. The molecule has 0 saturated carbocycles. The molecule has 4 heterocycles. The second kappa shape index (κ2) is 18.0. The van der Waals surface area contributed by atoms with Crippen molar-refractivity contribution < 1.29 is 57.8 Å². The van der Waals surface area contributed by atoms with E-state index in [1.807, 2.05) is 0 Å². The Kier molecular flexibility index (Phi) is 13.2. The molecule has 1 aliphatic carbocycles. The van der Waals surface area contributed by atoms with Gasteiger partial charge in [-0.05, 0) is 39.1 Å². The minimum absolute atomic E-state index is 0.0237. The molecule has 5 N–H and O–H groups in total. The number of ether oxygens (including phenoxy) is 5. The average molecular weight is 844 g/mol. The summed E-state index contributed by atoms with van der Waals surface area (Å²) in [5, 5.41) is 39.4. The standard InChI is InChI=1S/C45H53N3O13/c1-21-11-10-12-22(2)44(55)48-37-39(53)34-33(36-42(37)60-32-19-27(57-18-16-46-8)13-14-28(32)47-36)35-41(25(5)38(34)52)61-45(7,43(35)54)58-17-15-31(56-9)24(4)40(59-26(6)49)23(3)30(51)20-29(21)50/h10-15,17,19,21,23-24,29-31,40,46,50-52H,16,18,20H2,1-9H3,(H,48,55)/b11-10+,17-15+,22-12-/t21-,23+,24+,29+,30+,31-,40-,45-/m0/s1. The van der Waals surface area contributed by atoms with E-state index in [2.05, 4.69) is 10.6 Å². The van der Waals surface area contributed by atoms with Crippen LogP contribution in [-0.4, -0.2) is 95.5 Å². The second-order valence-corrected chi connectivity index (χ2v) is 15.8. The van der Waals surface area contributed by atoms with Gasteiger partial charge in [-0.25, -0.2) is 4.98 Å². The third kappa shape index (κ3) is 8.71. The smallest absolute Gasteiger partial charge is 0.312 e. The third-order valence-electron chi connectivity index (χ3n) is 11.5. The van der Waals surface area contributed by atoms with Crippen LogP contribution < -0.4 is 25.5 Å². The average Bonchev–Trinajstić information content (AvgIpc) is 3.49.